The van der Waals surface area contributed by atoms with Gasteiger partial charge < -0.3 is 9.47 Å². The Morgan fingerprint density at radius 1 is 1.11 bits per heavy atom. The third-order valence-corrected chi connectivity index (χ3v) is 4.13. The molecule has 0 bridgehead atoms. The van der Waals surface area contributed by atoms with Crippen LogP contribution in [0.5, 0.6) is 5.75 Å². The fourth-order valence-corrected chi connectivity index (χ4v) is 2.78. The van der Waals surface area contributed by atoms with Gasteiger partial charge in [0, 0.05) is 17.3 Å². The van der Waals surface area contributed by atoms with Crippen LogP contribution in [0.15, 0.2) is 42.5 Å². The van der Waals surface area contributed by atoms with Gasteiger partial charge in [-0.15, -0.1) is 0 Å². The molecule has 7 nitrogen and oxygen atoms in total. The maximum Gasteiger partial charge on any atom is 0.341 e. The molecule has 2 aromatic carbocycles. The van der Waals surface area contributed by atoms with Crippen LogP contribution in [0.3, 0.4) is 0 Å². The molecule has 0 aliphatic carbocycles. The van der Waals surface area contributed by atoms with Crippen LogP contribution in [-0.4, -0.2) is 39.6 Å². The van der Waals surface area contributed by atoms with Gasteiger partial charge >= 0.3 is 5.97 Å². The summed E-state index contributed by atoms with van der Waals surface area (Å²) in [7, 11) is -2.07. The largest absolute Gasteiger partial charge is 0.497 e. The lowest BCUT2D eigenvalue weighted by Gasteiger charge is -2.13. The molecule has 2 rings (SSSR count). The number of carbonyl (C=O) groups excluding carboxylic acids is 2. The molecular formula is C18H18FNO6S. The predicted molar refractivity (Wildman–Crippen MR) is 97.1 cm³/mol. The van der Waals surface area contributed by atoms with Crippen molar-refractivity contribution in [1.29, 1.82) is 0 Å². The Balaban J connectivity index is 2.07. The van der Waals surface area contributed by atoms with Crippen LogP contribution in [0.1, 0.15) is 27.6 Å². The van der Waals surface area contributed by atoms with Crippen LogP contribution in [0.25, 0.3) is 0 Å². The minimum absolute atomic E-state index is 0.213. The van der Waals surface area contributed by atoms with Crippen molar-refractivity contribution in [3.05, 3.63) is 59.4 Å². The summed E-state index contributed by atoms with van der Waals surface area (Å²) in [5.74, 6) is -2.07. The van der Waals surface area contributed by atoms with Gasteiger partial charge in [0.15, 0.2) is 6.10 Å². The Labute approximate surface area is 156 Å². The predicted octanol–water partition coefficient (Wildman–Crippen LogP) is 2.63. The molecule has 0 heterocycles. The summed E-state index contributed by atoms with van der Waals surface area (Å²) in [6, 6.07) is 9.26. The minimum Gasteiger partial charge on any atom is -0.497 e. The van der Waals surface area contributed by atoms with E-state index in [0.29, 0.717) is 5.69 Å². The first-order valence-corrected chi connectivity index (χ1v) is 9.66. The number of halogens is 1. The van der Waals surface area contributed by atoms with Crippen LogP contribution in [0.2, 0.25) is 0 Å². The van der Waals surface area contributed by atoms with E-state index in [2.05, 4.69) is 4.72 Å². The van der Waals surface area contributed by atoms with E-state index in [1.165, 1.54) is 50.4 Å². The number of Topliss-reactive ketones (excluding diaryl/α,β-unsaturated/α-hetero) is 1. The van der Waals surface area contributed by atoms with Gasteiger partial charge in [0.05, 0.1) is 18.9 Å². The van der Waals surface area contributed by atoms with Crippen molar-refractivity contribution in [3.8, 4) is 5.75 Å². The second kappa shape index (κ2) is 8.17. The number of benzene rings is 2. The third kappa shape index (κ3) is 5.52. The monoisotopic (exact) mass is 395 g/mol. The molecule has 27 heavy (non-hydrogen) atoms. The number of methoxy groups -OCH3 is 1. The first-order chi connectivity index (χ1) is 12.6. The molecule has 0 fully saturated rings. The zero-order valence-electron chi connectivity index (χ0n) is 14.9. The minimum atomic E-state index is -3.43. The van der Waals surface area contributed by atoms with E-state index in [-0.39, 0.29) is 16.9 Å². The zero-order chi connectivity index (χ0) is 20.2. The van der Waals surface area contributed by atoms with Gasteiger partial charge in [-0.1, -0.05) is 0 Å². The highest BCUT2D eigenvalue weighted by Crippen LogP contribution is 2.19. The highest BCUT2D eigenvalue weighted by atomic mass is 32.2. The molecule has 0 unspecified atom stereocenters. The number of carbonyl (C=O) groups is 2. The van der Waals surface area contributed by atoms with E-state index in [4.69, 9.17) is 9.47 Å². The number of anilines is 1. The van der Waals surface area contributed by atoms with Crippen molar-refractivity contribution in [1.82, 2.24) is 0 Å². The highest BCUT2D eigenvalue weighted by molar-refractivity contribution is 7.92. The second-order valence-corrected chi connectivity index (χ2v) is 7.46. The Kier molecular flexibility index (Phi) is 6.17. The lowest BCUT2D eigenvalue weighted by Crippen LogP contribution is -2.25. The summed E-state index contributed by atoms with van der Waals surface area (Å²) in [5.41, 5.74) is 0.187. The number of rotatable bonds is 7. The zero-order valence-corrected chi connectivity index (χ0v) is 15.7. The number of hydrogen-bond acceptors (Lipinski definition) is 6. The summed E-state index contributed by atoms with van der Waals surface area (Å²) in [5, 5.41) is 0. The molecule has 1 atom stereocenters. The van der Waals surface area contributed by atoms with Crippen molar-refractivity contribution in [2.24, 2.45) is 0 Å². The van der Waals surface area contributed by atoms with E-state index < -0.39 is 33.7 Å². The van der Waals surface area contributed by atoms with Gasteiger partial charge in [0.2, 0.25) is 15.8 Å². The summed E-state index contributed by atoms with van der Waals surface area (Å²) in [6.07, 6.45) is -0.154. The standard InChI is InChI=1S/C18H18FNO6S/c1-11(26-18(22)15-9-8-14(25-2)10-16(15)19)17(21)12-4-6-13(7-5-12)20-27(3,23)24/h4-11,20H,1-3H3/t11-/m1/s1. The number of ether oxygens (including phenoxy) is 2. The van der Waals surface area contributed by atoms with Crippen molar-refractivity contribution in [3.63, 3.8) is 0 Å². The number of ketones is 1. The molecule has 144 valence electrons. The van der Waals surface area contributed by atoms with Crippen LogP contribution in [0.4, 0.5) is 10.1 Å². The number of hydrogen-bond donors (Lipinski definition) is 1. The van der Waals surface area contributed by atoms with Crippen molar-refractivity contribution in [2.75, 3.05) is 18.1 Å². The molecule has 0 aromatic heterocycles. The normalized spacial score (nSPS) is 12.1. The molecule has 2 aromatic rings. The first kappa shape index (κ1) is 20.4. The second-order valence-electron chi connectivity index (χ2n) is 5.71. The average Bonchev–Trinajstić information content (AvgIpc) is 2.60. The maximum absolute atomic E-state index is 13.9. The lowest BCUT2D eigenvalue weighted by atomic mass is 10.1. The average molecular weight is 395 g/mol. The number of sulfonamides is 1. The maximum atomic E-state index is 13.9. The fraction of sp³-hybridized carbons (Fsp3) is 0.222. The molecule has 9 heteroatoms. The van der Waals surface area contributed by atoms with Crippen molar-refractivity contribution in [2.45, 2.75) is 13.0 Å². The van der Waals surface area contributed by atoms with Crippen LogP contribution < -0.4 is 9.46 Å². The molecule has 1 N–H and O–H groups in total. The lowest BCUT2D eigenvalue weighted by molar-refractivity contribution is 0.0314. The Bertz CT molecular complexity index is 956. The summed E-state index contributed by atoms with van der Waals surface area (Å²) in [4.78, 5) is 24.5. The van der Waals surface area contributed by atoms with Crippen LogP contribution in [-0.2, 0) is 14.8 Å². The topological polar surface area (TPSA) is 98.8 Å². The number of esters is 1. The third-order valence-electron chi connectivity index (χ3n) is 3.52. The summed E-state index contributed by atoms with van der Waals surface area (Å²) in [6.45, 7) is 1.37. The van der Waals surface area contributed by atoms with Crippen LogP contribution in [0, 0.1) is 5.82 Å². The van der Waals surface area contributed by atoms with Gasteiger partial charge in [0.1, 0.15) is 11.6 Å². The molecule has 0 spiro atoms. The summed E-state index contributed by atoms with van der Waals surface area (Å²) >= 11 is 0. The van der Waals surface area contributed by atoms with E-state index in [1.54, 1.807) is 0 Å². The van der Waals surface area contributed by atoms with Crippen LogP contribution >= 0.6 is 0 Å². The van der Waals surface area contributed by atoms with E-state index in [1.807, 2.05) is 0 Å². The molecular weight excluding hydrogens is 377 g/mol. The van der Waals surface area contributed by atoms with Gasteiger partial charge in [-0.05, 0) is 43.3 Å². The molecule has 0 aliphatic heterocycles. The smallest absolute Gasteiger partial charge is 0.341 e. The molecule has 0 aliphatic rings. The van der Waals surface area contributed by atoms with Crippen molar-refractivity contribution >= 4 is 27.5 Å². The first-order valence-electron chi connectivity index (χ1n) is 7.77. The fourth-order valence-electron chi connectivity index (χ4n) is 2.22. The van der Waals surface area contributed by atoms with Gasteiger partial charge in [0.25, 0.3) is 0 Å². The van der Waals surface area contributed by atoms with E-state index >= 15 is 0 Å². The Hall–Kier alpha value is -2.94. The molecule has 0 saturated carbocycles. The van der Waals surface area contributed by atoms with E-state index in [0.717, 1.165) is 12.3 Å². The highest BCUT2D eigenvalue weighted by Gasteiger charge is 2.22. The van der Waals surface area contributed by atoms with E-state index in [9.17, 15) is 22.4 Å². The Morgan fingerprint density at radius 3 is 2.26 bits per heavy atom. The van der Waals surface area contributed by atoms with Gasteiger partial charge in [-0.25, -0.2) is 17.6 Å². The molecule has 0 saturated heterocycles. The SMILES string of the molecule is COc1ccc(C(=O)O[C@H](C)C(=O)c2ccc(NS(C)(=O)=O)cc2)c(F)c1. The summed E-state index contributed by atoms with van der Waals surface area (Å²) < 4.78 is 48.4. The van der Waals surface area contributed by atoms with Gasteiger partial charge in [-0.2, -0.15) is 0 Å². The van der Waals surface area contributed by atoms with Crippen molar-refractivity contribution < 1.29 is 31.9 Å². The quantitative estimate of drug-likeness (QED) is 0.572. The number of nitrogens with one attached hydrogen (secondary N) is 1. The molecule has 0 amide bonds. The Morgan fingerprint density at radius 2 is 1.74 bits per heavy atom. The van der Waals surface area contributed by atoms with Gasteiger partial charge in [-0.3, -0.25) is 9.52 Å². The molecule has 0 radical (unpaired) electrons.